The molecule has 0 aliphatic heterocycles. The molecule has 0 radical (unpaired) electrons. The van der Waals surface area contributed by atoms with E-state index >= 15 is 0 Å². The van der Waals surface area contributed by atoms with Crippen LogP contribution in [0.25, 0.3) is 0 Å². The first-order chi connectivity index (χ1) is 5.54. The summed E-state index contributed by atoms with van der Waals surface area (Å²) in [7, 11) is 3.52. The minimum atomic E-state index is -0.650. The van der Waals surface area contributed by atoms with E-state index in [1.807, 2.05) is 13.8 Å². The van der Waals surface area contributed by atoms with E-state index in [0.717, 1.165) is 0 Å². The Bertz CT molecular complexity index is 53.4. The summed E-state index contributed by atoms with van der Waals surface area (Å²) in [5.74, 6) is 8.56. The summed E-state index contributed by atoms with van der Waals surface area (Å²) in [4.78, 5) is 0. The van der Waals surface area contributed by atoms with E-state index in [1.54, 1.807) is 14.2 Å². The first-order valence-electron chi connectivity index (χ1n) is 4.60. The van der Waals surface area contributed by atoms with Gasteiger partial charge in [-0.15, -0.1) is 0 Å². The third kappa shape index (κ3) is 153. The Morgan fingerprint density at radius 3 is 0.588 bits per heavy atom. The van der Waals surface area contributed by atoms with Gasteiger partial charge in [0, 0.05) is 14.2 Å². The van der Waals surface area contributed by atoms with E-state index in [2.05, 4.69) is 23.1 Å². The van der Waals surface area contributed by atoms with Crippen molar-refractivity contribution in [1.29, 1.82) is 0 Å². The van der Waals surface area contributed by atoms with Crippen LogP contribution in [-0.4, -0.2) is 43.2 Å². The molecule has 0 aliphatic carbocycles. The van der Waals surface area contributed by atoms with Crippen LogP contribution in [0.5, 0.6) is 0 Å². The monoisotopic (exact) mass is 286 g/mol. The molecular formula is C13H44Al2O2. The molecule has 17 heavy (non-hydrogen) atoms. The zero-order valence-corrected chi connectivity index (χ0v) is 12.3. The second-order valence-corrected chi connectivity index (χ2v) is 7.71. The van der Waals surface area contributed by atoms with Crippen LogP contribution in [0.4, 0.5) is 0 Å². The van der Waals surface area contributed by atoms with Crippen molar-refractivity contribution in [3.05, 3.63) is 0 Å². The third-order valence-electron chi connectivity index (χ3n) is 0.943. The van der Waals surface area contributed by atoms with Crippen molar-refractivity contribution in [3.8, 4) is 0 Å². The van der Waals surface area contributed by atoms with Crippen molar-refractivity contribution in [3.63, 3.8) is 0 Å². The van der Waals surface area contributed by atoms with Gasteiger partial charge in [0.1, 0.15) is 0 Å². The maximum Gasteiger partial charge on any atom is 0.453 e. The normalized spacial score (nSPS) is 4.94. The second kappa shape index (κ2) is 53.8. The van der Waals surface area contributed by atoms with E-state index in [9.17, 15) is 0 Å². The Labute approximate surface area is 125 Å². The molecule has 0 aromatic rings. The van der Waals surface area contributed by atoms with Crippen LogP contribution in [0.3, 0.4) is 0 Å². The molecule has 0 saturated heterocycles. The summed E-state index contributed by atoms with van der Waals surface area (Å²) >= 11 is -1.30. The van der Waals surface area contributed by atoms with E-state index < -0.39 is 29.0 Å². The average Bonchev–Trinajstić information content (AvgIpc) is 2.09. The summed E-state index contributed by atoms with van der Waals surface area (Å²) < 4.78 is 9.78. The lowest BCUT2D eigenvalue weighted by Gasteiger charge is -1.87. The molecule has 0 atom stereocenters. The summed E-state index contributed by atoms with van der Waals surface area (Å²) in [5, 5.41) is 0. The first-order valence-corrected chi connectivity index (χ1v) is 10.2. The van der Waals surface area contributed by atoms with Gasteiger partial charge in [0.05, 0.1) is 0 Å². The summed E-state index contributed by atoms with van der Waals surface area (Å²) in [6, 6.07) is 0. The van der Waals surface area contributed by atoms with Gasteiger partial charge in [-0.05, 0) is 0 Å². The van der Waals surface area contributed by atoms with Crippen LogP contribution in [0, 0.1) is 0 Å². The van der Waals surface area contributed by atoms with Gasteiger partial charge in [-0.2, -0.15) is 0 Å². The van der Waals surface area contributed by atoms with Gasteiger partial charge in [-0.25, -0.2) is 0 Å². The van der Waals surface area contributed by atoms with E-state index in [-0.39, 0.29) is 37.1 Å². The largest absolute Gasteiger partial charge is 0.503 e. The van der Waals surface area contributed by atoms with Crippen LogP contribution >= 0.6 is 0 Å². The molecule has 0 spiro atoms. The summed E-state index contributed by atoms with van der Waals surface area (Å²) in [5.41, 5.74) is 0. The molecule has 0 aromatic heterocycles. The minimum Gasteiger partial charge on any atom is -0.503 e. The van der Waals surface area contributed by atoms with Crippen LogP contribution in [-0.2, 0) is 7.58 Å². The fourth-order valence-corrected chi connectivity index (χ4v) is 0. The molecular weight excluding hydrogens is 242 g/mol. The molecule has 0 aromatic carbocycles. The van der Waals surface area contributed by atoms with Crippen LogP contribution < -0.4 is 0 Å². The van der Waals surface area contributed by atoms with Gasteiger partial charge < -0.3 is 7.58 Å². The number of hydrogen-bond donors (Lipinski definition) is 0. The molecule has 2 nitrogen and oxygen atoms in total. The van der Waals surface area contributed by atoms with Gasteiger partial charge in [-0.3, -0.25) is 0 Å². The molecule has 0 heterocycles. The molecule has 0 amide bonds. The van der Waals surface area contributed by atoms with Crippen LogP contribution in [0.15, 0.2) is 0 Å². The Morgan fingerprint density at radius 1 is 0.529 bits per heavy atom. The Balaban J connectivity index is -0.0000000110. The van der Waals surface area contributed by atoms with E-state index in [0.29, 0.717) is 0 Å². The standard InChI is InChI=1S/C2H6.2CH3O.5CH4.4CH3.2Al/c3*1-2;;;;;;;;;;;/h1-2H3;2*1H3;5*1H4;4*1H3;;/q;2*-1;;;;;;;;;;2*+1. The van der Waals surface area contributed by atoms with Crippen molar-refractivity contribution in [1.82, 2.24) is 0 Å². The summed E-state index contributed by atoms with van der Waals surface area (Å²) in [6.07, 6.45) is 0. The second-order valence-electron chi connectivity index (χ2n) is 2.57. The highest BCUT2D eigenvalue weighted by Gasteiger charge is 1.96. The fourth-order valence-electron chi connectivity index (χ4n) is 0. The van der Waals surface area contributed by atoms with Crippen LogP contribution in [0.1, 0.15) is 51.0 Å². The molecule has 0 aliphatic rings. The van der Waals surface area contributed by atoms with Gasteiger partial charge in [-0.1, -0.05) is 74.1 Å². The molecule has 0 N–H and O–H groups in total. The van der Waals surface area contributed by atoms with Crippen LogP contribution in [0.2, 0.25) is 23.1 Å². The lowest BCUT2D eigenvalue weighted by Crippen LogP contribution is -2.00. The molecule has 0 saturated carbocycles. The third-order valence-corrected chi connectivity index (χ3v) is 2.83. The minimum absolute atomic E-state index is 0. The fraction of sp³-hybridized carbons (Fsp3) is 1.00. The maximum absolute atomic E-state index is 4.89. The van der Waals surface area contributed by atoms with E-state index in [1.165, 1.54) is 0 Å². The number of rotatable bonds is 2. The highest BCUT2D eigenvalue weighted by atomic mass is 27.2. The van der Waals surface area contributed by atoms with Gasteiger partial charge in [0.2, 0.25) is 0 Å². The first kappa shape index (κ1) is 52.0. The molecule has 0 fully saturated rings. The molecule has 114 valence electrons. The zero-order valence-electron chi connectivity index (χ0n) is 9.97. The average molecular weight is 286 g/mol. The lowest BCUT2D eigenvalue weighted by atomic mass is 11.0. The predicted molar refractivity (Wildman–Crippen MR) is 94.0 cm³/mol. The SMILES string of the molecule is C.C.C.C.C.CC.C[O][Al]([CH3])[CH3].C[O][Al]([CH3])[CH3]. The van der Waals surface area contributed by atoms with Crippen molar-refractivity contribution in [2.45, 2.75) is 74.1 Å². The zero-order chi connectivity index (χ0) is 10.6. The maximum atomic E-state index is 4.89. The topological polar surface area (TPSA) is 18.5 Å². The molecule has 0 unspecified atom stereocenters. The quantitative estimate of drug-likeness (QED) is 0.582. The van der Waals surface area contributed by atoms with E-state index in [4.69, 9.17) is 7.58 Å². The smallest absolute Gasteiger partial charge is 0.453 e. The van der Waals surface area contributed by atoms with Gasteiger partial charge >= 0.3 is 29.0 Å². The molecule has 0 rings (SSSR count). The highest BCUT2D eigenvalue weighted by molar-refractivity contribution is 6.48. The van der Waals surface area contributed by atoms with Crippen molar-refractivity contribution < 1.29 is 7.58 Å². The van der Waals surface area contributed by atoms with Gasteiger partial charge in [0.15, 0.2) is 0 Å². The predicted octanol–water partition coefficient (Wildman–Crippen LogP) is 5.97. The number of hydrogen-bond acceptors (Lipinski definition) is 2. The Kier molecular flexibility index (Phi) is 165. The van der Waals surface area contributed by atoms with Gasteiger partial charge in [0.25, 0.3) is 0 Å². The lowest BCUT2D eigenvalue weighted by molar-refractivity contribution is 0.430. The van der Waals surface area contributed by atoms with Crippen molar-refractivity contribution >= 4 is 29.0 Å². The Hall–Kier alpha value is 0.985. The Morgan fingerprint density at radius 2 is 0.588 bits per heavy atom. The van der Waals surface area contributed by atoms with Crippen molar-refractivity contribution in [2.75, 3.05) is 14.2 Å². The molecule has 4 heteroatoms. The van der Waals surface area contributed by atoms with Crippen molar-refractivity contribution in [2.24, 2.45) is 0 Å². The highest BCUT2D eigenvalue weighted by Crippen LogP contribution is 1.73. The summed E-state index contributed by atoms with van der Waals surface area (Å²) in [6.45, 7) is 4.00. The molecule has 0 bridgehead atoms.